The molecule has 0 spiro atoms. The zero-order valence-corrected chi connectivity index (χ0v) is 14.8. The number of primary sulfonamides is 1. The molecular weight excluding hydrogens is 316 g/mol. The Morgan fingerprint density at radius 3 is 2.09 bits per heavy atom. The summed E-state index contributed by atoms with van der Waals surface area (Å²) in [5.74, 6) is -1.16. The SMILES string of the molecule is CCCCN(CCCC)c1cc(C(=O)O)cc(S(N)(=O)=O)c1C. The van der Waals surface area contributed by atoms with Gasteiger partial charge in [0.15, 0.2) is 0 Å². The summed E-state index contributed by atoms with van der Waals surface area (Å²) in [5, 5.41) is 14.5. The molecule has 7 heteroatoms. The van der Waals surface area contributed by atoms with Crippen molar-refractivity contribution in [1.82, 2.24) is 0 Å². The first-order valence-corrected chi connectivity index (χ1v) is 9.42. The number of hydrogen-bond donors (Lipinski definition) is 2. The topological polar surface area (TPSA) is 101 Å². The third-order valence-corrected chi connectivity index (χ3v) is 4.83. The molecule has 1 rings (SSSR count). The number of carboxylic acids is 1. The standard InChI is InChI=1S/C16H26N2O4S/c1-4-6-8-18(9-7-5-2)14-10-13(16(19)20)11-15(12(14)3)23(17,21)22/h10-11H,4-9H2,1-3H3,(H,19,20)(H2,17,21,22). The Balaban J connectivity index is 3.45. The lowest BCUT2D eigenvalue weighted by Crippen LogP contribution is -2.28. The van der Waals surface area contributed by atoms with Crippen molar-refractivity contribution in [3.8, 4) is 0 Å². The smallest absolute Gasteiger partial charge is 0.335 e. The Labute approximate surface area is 138 Å². The molecular formula is C16H26N2O4S. The molecule has 0 aliphatic carbocycles. The van der Waals surface area contributed by atoms with Gasteiger partial charge in [0.05, 0.1) is 10.5 Å². The largest absolute Gasteiger partial charge is 0.478 e. The van der Waals surface area contributed by atoms with Crippen LogP contribution in [0, 0.1) is 6.92 Å². The van der Waals surface area contributed by atoms with Crippen molar-refractivity contribution in [2.24, 2.45) is 5.14 Å². The summed E-state index contributed by atoms with van der Waals surface area (Å²) in [6, 6.07) is 2.67. The van der Waals surface area contributed by atoms with Gasteiger partial charge in [-0.15, -0.1) is 0 Å². The van der Waals surface area contributed by atoms with Crippen LogP contribution >= 0.6 is 0 Å². The van der Waals surface area contributed by atoms with E-state index in [1.54, 1.807) is 6.92 Å². The maximum absolute atomic E-state index is 11.8. The molecule has 0 amide bonds. The second-order valence-corrected chi connectivity index (χ2v) is 7.19. The number of carboxylic acid groups (broad SMARTS) is 1. The average Bonchev–Trinajstić information content (AvgIpc) is 2.46. The molecule has 0 bridgehead atoms. The van der Waals surface area contributed by atoms with Crippen LogP contribution < -0.4 is 10.0 Å². The number of nitrogens with two attached hydrogens (primary N) is 1. The minimum Gasteiger partial charge on any atom is -0.478 e. The molecule has 0 saturated carbocycles. The summed E-state index contributed by atoms with van der Waals surface area (Å²) in [7, 11) is -3.98. The highest BCUT2D eigenvalue weighted by Gasteiger charge is 2.21. The number of unbranched alkanes of at least 4 members (excludes halogenated alkanes) is 2. The zero-order valence-electron chi connectivity index (χ0n) is 14.0. The number of benzene rings is 1. The Morgan fingerprint density at radius 2 is 1.70 bits per heavy atom. The predicted molar refractivity (Wildman–Crippen MR) is 91.5 cm³/mol. The van der Waals surface area contributed by atoms with E-state index in [-0.39, 0.29) is 10.5 Å². The van der Waals surface area contributed by atoms with Gasteiger partial charge >= 0.3 is 5.97 Å². The lowest BCUT2D eigenvalue weighted by Gasteiger charge is -2.27. The van der Waals surface area contributed by atoms with E-state index in [0.29, 0.717) is 11.3 Å². The molecule has 1 aromatic carbocycles. The van der Waals surface area contributed by atoms with Gasteiger partial charge in [-0.2, -0.15) is 0 Å². The van der Waals surface area contributed by atoms with Crippen molar-refractivity contribution < 1.29 is 18.3 Å². The normalized spacial score (nSPS) is 11.5. The van der Waals surface area contributed by atoms with Crippen molar-refractivity contribution >= 4 is 21.7 Å². The van der Waals surface area contributed by atoms with Crippen molar-refractivity contribution in [2.45, 2.75) is 51.3 Å². The zero-order chi connectivity index (χ0) is 17.6. The molecule has 23 heavy (non-hydrogen) atoms. The van der Waals surface area contributed by atoms with Gasteiger partial charge in [-0.1, -0.05) is 26.7 Å². The second kappa shape index (κ2) is 8.31. The van der Waals surface area contributed by atoms with Crippen molar-refractivity contribution in [1.29, 1.82) is 0 Å². The lowest BCUT2D eigenvalue weighted by molar-refractivity contribution is 0.0696. The number of hydrogen-bond acceptors (Lipinski definition) is 4. The van der Waals surface area contributed by atoms with Crippen LogP contribution in [0.4, 0.5) is 5.69 Å². The number of sulfonamides is 1. The summed E-state index contributed by atoms with van der Waals surface area (Å²) >= 11 is 0. The van der Waals surface area contributed by atoms with Crippen LogP contribution in [0.1, 0.15) is 55.5 Å². The highest BCUT2D eigenvalue weighted by molar-refractivity contribution is 7.89. The van der Waals surface area contributed by atoms with Crippen LogP contribution in [0.25, 0.3) is 0 Å². The van der Waals surface area contributed by atoms with Gasteiger partial charge < -0.3 is 10.0 Å². The summed E-state index contributed by atoms with van der Waals surface area (Å²) in [4.78, 5) is 13.3. The molecule has 0 fully saturated rings. The van der Waals surface area contributed by atoms with E-state index >= 15 is 0 Å². The highest BCUT2D eigenvalue weighted by Crippen LogP contribution is 2.29. The van der Waals surface area contributed by atoms with E-state index in [1.807, 2.05) is 0 Å². The molecule has 130 valence electrons. The second-order valence-electron chi connectivity index (χ2n) is 5.66. The average molecular weight is 342 g/mol. The Hall–Kier alpha value is -1.60. The number of carbonyl (C=O) groups is 1. The molecule has 0 aliphatic heterocycles. The number of anilines is 1. The summed E-state index contributed by atoms with van der Waals surface area (Å²) in [6.07, 6.45) is 3.90. The number of nitrogens with zero attached hydrogens (tertiary/aromatic N) is 1. The van der Waals surface area contributed by atoms with E-state index in [4.69, 9.17) is 5.14 Å². The Kier molecular flexibility index (Phi) is 7.02. The monoisotopic (exact) mass is 342 g/mol. The van der Waals surface area contributed by atoms with Crippen LogP contribution in [0.15, 0.2) is 17.0 Å². The highest BCUT2D eigenvalue weighted by atomic mass is 32.2. The minimum atomic E-state index is -3.98. The molecule has 6 nitrogen and oxygen atoms in total. The fourth-order valence-electron chi connectivity index (χ4n) is 2.47. The molecule has 1 aromatic rings. The summed E-state index contributed by atoms with van der Waals surface area (Å²) in [5.41, 5.74) is 1.08. The molecule has 0 heterocycles. The first kappa shape index (κ1) is 19.4. The summed E-state index contributed by atoms with van der Waals surface area (Å²) < 4.78 is 23.6. The van der Waals surface area contributed by atoms with Crippen molar-refractivity contribution in [3.63, 3.8) is 0 Å². The molecule has 0 aromatic heterocycles. The maximum Gasteiger partial charge on any atom is 0.335 e. The minimum absolute atomic E-state index is 0.0624. The third-order valence-electron chi connectivity index (χ3n) is 3.79. The predicted octanol–water partition coefficient (Wildman–Crippen LogP) is 2.75. The van der Waals surface area contributed by atoms with Gasteiger partial charge in [-0.25, -0.2) is 18.4 Å². The van der Waals surface area contributed by atoms with Gasteiger partial charge in [0.25, 0.3) is 0 Å². The molecule has 3 N–H and O–H groups in total. The maximum atomic E-state index is 11.8. The molecule has 0 aliphatic rings. The van der Waals surface area contributed by atoms with E-state index in [2.05, 4.69) is 18.7 Å². The fourth-order valence-corrected chi connectivity index (χ4v) is 3.29. The van der Waals surface area contributed by atoms with Crippen LogP contribution in [-0.4, -0.2) is 32.6 Å². The van der Waals surface area contributed by atoms with Gasteiger partial charge in [0, 0.05) is 18.8 Å². The van der Waals surface area contributed by atoms with Crippen molar-refractivity contribution in [2.75, 3.05) is 18.0 Å². The van der Waals surface area contributed by atoms with Gasteiger partial charge in [0.1, 0.15) is 0 Å². The Bertz CT molecular complexity index is 648. The van der Waals surface area contributed by atoms with Crippen molar-refractivity contribution in [3.05, 3.63) is 23.3 Å². The molecule has 0 radical (unpaired) electrons. The van der Waals surface area contributed by atoms with E-state index in [0.717, 1.165) is 44.8 Å². The molecule has 0 atom stereocenters. The van der Waals surface area contributed by atoms with Gasteiger partial charge in [-0.05, 0) is 37.5 Å². The van der Waals surface area contributed by atoms with E-state index in [1.165, 1.54) is 6.07 Å². The van der Waals surface area contributed by atoms with E-state index < -0.39 is 16.0 Å². The van der Waals surface area contributed by atoms with Crippen LogP contribution in [0.3, 0.4) is 0 Å². The number of aromatic carboxylic acids is 1. The number of rotatable bonds is 9. The van der Waals surface area contributed by atoms with E-state index in [9.17, 15) is 18.3 Å². The van der Waals surface area contributed by atoms with Crippen LogP contribution in [0.2, 0.25) is 0 Å². The fraction of sp³-hybridized carbons (Fsp3) is 0.562. The quantitative estimate of drug-likeness (QED) is 0.718. The third kappa shape index (κ3) is 5.21. The first-order chi connectivity index (χ1) is 10.7. The first-order valence-electron chi connectivity index (χ1n) is 7.88. The lowest BCUT2D eigenvalue weighted by atomic mass is 10.1. The summed E-state index contributed by atoms with van der Waals surface area (Å²) in [6.45, 7) is 7.34. The van der Waals surface area contributed by atoms with Crippen LogP contribution in [0.5, 0.6) is 0 Å². The Morgan fingerprint density at radius 1 is 1.17 bits per heavy atom. The van der Waals surface area contributed by atoms with Gasteiger partial charge in [0.2, 0.25) is 10.0 Å². The molecule has 0 unspecified atom stereocenters. The van der Waals surface area contributed by atoms with Gasteiger partial charge in [-0.3, -0.25) is 0 Å². The van der Waals surface area contributed by atoms with Crippen LogP contribution in [-0.2, 0) is 10.0 Å². The molecule has 0 saturated heterocycles.